The first kappa shape index (κ1) is 23.0. The van der Waals surface area contributed by atoms with Crippen molar-refractivity contribution < 1.29 is 17.7 Å². The first-order chi connectivity index (χ1) is 9.98. The lowest BCUT2D eigenvalue weighted by atomic mass is 9.73. The van der Waals surface area contributed by atoms with Crippen LogP contribution in [0.3, 0.4) is 0 Å². The normalized spacial score (nSPS) is 16.0. The Morgan fingerprint density at radius 1 is 0.913 bits per heavy atom. The first-order valence-corrected chi connectivity index (χ1v) is 9.41. The smallest absolute Gasteiger partial charge is 0.0842 e. The Bertz CT molecular complexity index is 398. The highest BCUT2D eigenvalue weighted by Gasteiger charge is 2.38. The van der Waals surface area contributed by atoms with Gasteiger partial charge in [-0.05, 0) is 57.3 Å². The van der Waals surface area contributed by atoms with Gasteiger partial charge in [0.05, 0.1) is 29.2 Å². The number of rotatable bonds is 10. The van der Waals surface area contributed by atoms with Crippen LogP contribution in [0.25, 0.3) is 0 Å². The van der Waals surface area contributed by atoms with Crippen molar-refractivity contribution in [1.29, 1.82) is 0 Å². The van der Waals surface area contributed by atoms with Crippen LogP contribution in [0.15, 0.2) is 0 Å². The van der Waals surface area contributed by atoms with Crippen molar-refractivity contribution in [2.24, 2.45) is 16.7 Å². The van der Waals surface area contributed by atoms with Crippen molar-refractivity contribution in [3.8, 4) is 0 Å². The molecule has 1 unspecified atom stereocenters. The summed E-state index contributed by atoms with van der Waals surface area (Å²) >= 11 is -2.47. The largest absolute Gasteiger partial charge is 0.750 e. The molecule has 0 aromatic rings. The van der Waals surface area contributed by atoms with E-state index in [-0.39, 0.29) is 28.6 Å². The van der Waals surface area contributed by atoms with E-state index < -0.39 is 11.4 Å². The van der Waals surface area contributed by atoms with Gasteiger partial charge in [0.1, 0.15) is 0 Å². The SMILES string of the molecule is CC(C)C(C)(C)CC(C)(C)OC(C)(C)CC(C)(C)COS(=O)[O-]. The van der Waals surface area contributed by atoms with E-state index in [9.17, 15) is 8.76 Å². The molecule has 23 heavy (non-hydrogen) atoms. The number of hydrogen-bond acceptors (Lipinski definition) is 4. The average molecular weight is 350 g/mol. The lowest BCUT2D eigenvalue weighted by molar-refractivity contribution is -0.156. The molecule has 0 heterocycles. The molecular weight excluding hydrogens is 312 g/mol. The van der Waals surface area contributed by atoms with Gasteiger partial charge in [-0.3, -0.25) is 0 Å². The van der Waals surface area contributed by atoms with E-state index >= 15 is 0 Å². The van der Waals surface area contributed by atoms with Gasteiger partial charge in [0.2, 0.25) is 0 Å². The Balaban J connectivity index is 4.85. The van der Waals surface area contributed by atoms with Crippen LogP contribution in [0, 0.1) is 16.7 Å². The summed E-state index contributed by atoms with van der Waals surface area (Å²) in [5.41, 5.74) is -0.714. The zero-order chi connectivity index (χ0) is 18.7. The van der Waals surface area contributed by atoms with Gasteiger partial charge in [0.25, 0.3) is 0 Å². The maximum Gasteiger partial charge on any atom is 0.0842 e. The van der Waals surface area contributed by atoms with Crippen LogP contribution in [0.4, 0.5) is 0 Å². The van der Waals surface area contributed by atoms with Crippen LogP contribution < -0.4 is 0 Å². The third-order valence-corrected chi connectivity index (χ3v) is 4.76. The molecule has 0 rings (SSSR count). The van der Waals surface area contributed by atoms with Crippen LogP contribution >= 0.6 is 0 Å². The van der Waals surface area contributed by atoms with Gasteiger partial charge in [-0.1, -0.05) is 41.5 Å². The van der Waals surface area contributed by atoms with Gasteiger partial charge in [-0.25, -0.2) is 4.21 Å². The predicted octanol–water partition coefficient (Wildman–Crippen LogP) is 4.86. The molecule has 0 amide bonds. The molecule has 0 saturated carbocycles. The molecule has 0 aliphatic heterocycles. The summed E-state index contributed by atoms with van der Waals surface area (Å²) in [6.45, 7) is 21.6. The van der Waals surface area contributed by atoms with Gasteiger partial charge in [0, 0.05) is 0 Å². The third-order valence-electron chi connectivity index (χ3n) is 4.45. The second-order valence-electron chi connectivity index (χ2n) is 9.75. The molecule has 0 fully saturated rings. The Kier molecular flexibility index (Phi) is 7.95. The Labute approximate surface area is 146 Å². The lowest BCUT2D eigenvalue weighted by Gasteiger charge is -2.44. The van der Waals surface area contributed by atoms with Crippen LogP contribution in [-0.2, 0) is 20.3 Å². The second kappa shape index (κ2) is 7.94. The van der Waals surface area contributed by atoms with Gasteiger partial charge >= 0.3 is 0 Å². The highest BCUT2D eigenvalue weighted by molar-refractivity contribution is 7.74. The van der Waals surface area contributed by atoms with Crippen molar-refractivity contribution >= 4 is 11.4 Å². The molecule has 1 atom stereocenters. The minimum Gasteiger partial charge on any atom is -0.750 e. The summed E-state index contributed by atoms with van der Waals surface area (Å²) < 4.78 is 32.4. The molecule has 4 nitrogen and oxygen atoms in total. The topological polar surface area (TPSA) is 58.6 Å². The monoisotopic (exact) mass is 349 g/mol. The van der Waals surface area contributed by atoms with Crippen molar-refractivity contribution in [2.75, 3.05) is 6.61 Å². The number of hydrogen-bond donors (Lipinski definition) is 0. The van der Waals surface area contributed by atoms with Gasteiger partial charge in [-0.15, -0.1) is 0 Å². The fourth-order valence-electron chi connectivity index (χ4n) is 3.53. The summed E-state index contributed by atoms with van der Waals surface area (Å²) in [7, 11) is 0. The molecule has 0 aromatic heterocycles. The summed E-state index contributed by atoms with van der Waals surface area (Å²) in [5.74, 6) is 0.574. The van der Waals surface area contributed by atoms with Crippen molar-refractivity contribution in [3.63, 3.8) is 0 Å². The maximum atomic E-state index is 10.6. The first-order valence-electron chi connectivity index (χ1n) is 8.41. The van der Waals surface area contributed by atoms with Gasteiger partial charge in [0.15, 0.2) is 0 Å². The minimum atomic E-state index is -2.47. The van der Waals surface area contributed by atoms with E-state index in [1.165, 1.54) is 0 Å². The molecule has 0 saturated heterocycles. The fourth-order valence-corrected chi connectivity index (χ4v) is 3.95. The standard InChI is InChI=1S/C18H38O4S/c1-14(2)16(5,6)12-18(9,10)22-17(7,8)11-15(3,4)13-21-23(19)20/h14H,11-13H2,1-10H3,(H,19,20)/p-1. The van der Waals surface area contributed by atoms with Gasteiger partial charge < -0.3 is 13.5 Å². The summed E-state index contributed by atoms with van der Waals surface area (Å²) in [5, 5.41) is 0. The van der Waals surface area contributed by atoms with Crippen molar-refractivity contribution in [1.82, 2.24) is 0 Å². The molecular formula is C18H37O4S-. The summed E-state index contributed by atoms with van der Waals surface area (Å²) in [4.78, 5) is 0. The fraction of sp³-hybridized carbons (Fsp3) is 1.00. The van der Waals surface area contributed by atoms with Crippen molar-refractivity contribution in [3.05, 3.63) is 0 Å². The highest BCUT2D eigenvalue weighted by atomic mass is 32.2. The number of ether oxygens (including phenoxy) is 1. The van der Waals surface area contributed by atoms with Crippen molar-refractivity contribution in [2.45, 2.75) is 93.3 Å². The molecule has 0 bridgehead atoms. The Morgan fingerprint density at radius 3 is 1.74 bits per heavy atom. The van der Waals surface area contributed by atoms with E-state index in [0.717, 1.165) is 6.42 Å². The predicted molar refractivity (Wildman–Crippen MR) is 95.7 cm³/mol. The van der Waals surface area contributed by atoms with Crippen LogP contribution in [0.1, 0.15) is 82.1 Å². The average Bonchev–Trinajstić information content (AvgIpc) is 2.20. The van der Waals surface area contributed by atoms with E-state index in [4.69, 9.17) is 8.92 Å². The quantitative estimate of drug-likeness (QED) is 0.528. The zero-order valence-electron chi connectivity index (χ0n) is 16.7. The molecule has 0 aliphatic carbocycles. The van der Waals surface area contributed by atoms with E-state index in [1.807, 2.05) is 13.8 Å². The molecule has 5 heteroatoms. The molecule has 0 aliphatic rings. The third kappa shape index (κ3) is 9.80. The van der Waals surface area contributed by atoms with E-state index in [2.05, 4.69) is 55.4 Å². The molecule has 0 spiro atoms. The van der Waals surface area contributed by atoms with E-state index in [0.29, 0.717) is 12.3 Å². The lowest BCUT2D eigenvalue weighted by Crippen LogP contribution is -2.43. The van der Waals surface area contributed by atoms with Crippen LogP contribution in [0.2, 0.25) is 0 Å². The van der Waals surface area contributed by atoms with E-state index in [1.54, 1.807) is 0 Å². The van der Waals surface area contributed by atoms with Gasteiger partial charge in [-0.2, -0.15) is 0 Å². The molecule has 0 N–H and O–H groups in total. The molecule has 0 aromatic carbocycles. The Morgan fingerprint density at radius 2 is 1.35 bits per heavy atom. The second-order valence-corrected chi connectivity index (χ2v) is 10.4. The van der Waals surface area contributed by atoms with Crippen LogP contribution in [0.5, 0.6) is 0 Å². The Hall–Kier alpha value is 0.0300. The maximum absolute atomic E-state index is 10.6. The zero-order valence-corrected chi connectivity index (χ0v) is 17.6. The molecule has 140 valence electrons. The summed E-state index contributed by atoms with van der Waals surface area (Å²) in [6.07, 6.45) is 1.67. The summed E-state index contributed by atoms with van der Waals surface area (Å²) in [6, 6.07) is 0. The van der Waals surface area contributed by atoms with Crippen LogP contribution in [-0.4, -0.2) is 26.6 Å². The molecule has 0 radical (unpaired) electrons. The minimum absolute atomic E-state index is 0.161. The highest BCUT2D eigenvalue weighted by Crippen LogP contribution is 2.40.